The molecule has 0 aliphatic carbocycles. The second kappa shape index (κ2) is 4.50. The number of aromatic nitrogens is 1. The summed E-state index contributed by atoms with van der Waals surface area (Å²) in [5.41, 5.74) is 6.66. The average molecular weight is 240 g/mol. The third-order valence-corrected chi connectivity index (χ3v) is 3.25. The third-order valence-electron chi connectivity index (χ3n) is 3.04. The fourth-order valence-corrected chi connectivity index (χ4v) is 2.67. The van der Waals surface area contributed by atoms with Gasteiger partial charge in [0, 0.05) is 13.1 Å². The van der Waals surface area contributed by atoms with Crippen LogP contribution in [0.25, 0.3) is 0 Å². The van der Waals surface area contributed by atoms with E-state index in [0.717, 1.165) is 18.9 Å². The Morgan fingerprint density at radius 3 is 2.56 bits per heavy atom. The molecule has 88 valence electrons. The number of anilines is 2. The summed E-state index contributed by atoms with van der Waals surface area (Å²) < 4.78 is 0. The number of nitrogens with two attached hydrogens (primary N) is 1. The van der Waals surface area contributed by atoms with E-state index < -0.39 is 0 Å². The normalized spacial score (nSPS) is 25.8. The molecule has 3 nitrogen and oxygen atoms in total. The number of nitrogens with zero attached hydrogens (tertiary/aromatic N) is 2. The molecule has 0 saturated carbocycles. The number of rotatable bonds is 1. The molecule has 2 heterocycles. The second-order valence-corrected chi connectivity index (χ2v) is 5.29. The molecule has 1 aliphatic heterocycles. The van der Waals surface area contributed by atoms with Gasteiger partial charge in [-0.15, -0.1) is 0 Å². The van der Waals surface area contributed by atoms with Gasteiger partial charge in [0.05, 0.1) is 5.69 Å². The van der Waals surface area contributed by atoms with Crippen molar-refractivity contribution in [2.45, 2.75) is 20.3 Å². The molecule has 4 heteroatoms. The lowest BCUT2D eigenvalue weighted by Crippen LogP contribution is -2.39. The van der Waals surface area contributed by atoms with Crippen molar-refractivity contribution in [2.75, 3.05) is 23.7 Å². The van der Waals surface area contributed by atoms with Crippen LogP contribution in [0.1, 0.15) is 20.3 Å². The van der Waals surface area contributed by atoms with Gasteiger partial charge in [0.1, 0.15) is 5.15 Å². The molecule has 0 spiro atoms. The van der Waals surface area contributed by atoms with E-state index >= 15 is 0 Å². The highest BCUT2D eigenvalue weighted by Crippen LogP contribution is 2.29. The number of hydrogen-bond acceptors (Lipinski definition) is 3. The van der Waals surface area contributed by atoms with E-state index in [2.05, 4.69) is 23.7 Å². The molecule has 2 rings (SSSR count). The highest BCUT2D eigenvalue weighted by Gasteiger charge is 2.24. The first kappa shape index (κ1) is 11.5. The second-order valence-electron chi connectivity index (χ2n) is 4.90. The van der Waals surface area contributed by atoms with Crippen LogP contribution >= 0.6 is 11.6 Å². The third kappa shape index (κ3) is 2.40. The van der Waals surface area contributed by atoms with Crippen molar-refractivity contribution >= 4 is 23.1 Å². The number of halogens is 1. The van der Waals surface area contributed by atoms with Crippen LogP contribution in [0.4, 0.5) is 11.5 Å². The van der Waals surface area contributed by atoms with Gasteiger partial charge in [0.15, 0.2) is 5.82 Å². The van der Waals surface area contributed by atoms with Gasteiger partial charge in [0.25, 0.3) is 0 Å². The van der Waals surface area contributed by atoms with Gasteiger partial charge in [-0.25, -0.2) is 4.98 Å². The quantitative estimate of drug-likeness (QED) is 0.767. The Balaban J connectivity index is 2.25. The van der Waals surface area contributed by atoms with Crippen LogP contribution in [0, 0.1) is 11.8 Å². The van der Waals surface area contributed by atoms with Gasteiger partial charge < -0.3 is 10.6 Å². The molecule has 1 aliphatic rings. The van der Waals surface area contributed by atoms with Crippen LogP contribution in [0.2, 0.25) is 5.15 Å². The highest BCUT2D eigenvalue weighted by molar-refractivity contribution is 6.29. The van der Waals surface area contributed by atoms with Gasteiger partial charge in [-0.1, -0.05) is 25.4 Å². The molecule has 1 fully saturated rings. The zero-order chi connectivity index (χ0) is 11.7. The van der Waals surface area contributed by atoms with Crippen molar-refractivity contribution in [3.05, 3.63) is 17.3 Å². The summed E-state index contributed by atoms with van der Waals surface area (Å²) >= 11 is 5.92. The summed E-state index contributed by atoms with van der Waals surface area (Å²) in [5, 5.41) is 0.509. The van der Waals surface area contributed by atoms with Crippen molar-refractivity contribution in [3.8, 4) is 0 Å². The van der Waals surface area contributed by atoms with E-state index in [1.807, 2.05) is 6.07 Å². The number of piperidine rings is 1. The van der Waals surface area contributed by atoms with Crippen molar-refractivity contribution in [1.82, 2.24) is 4.98 Å². The molecule has 0 bridgehead atoms. The van der Waals surface area contributed by atoms with Crippen LogP contribution in [-0.2, 0) is 0 Å². The Hall–Kier alpha value is -0.960. The summed E-state index contributed by atoms with van der Waals surface area (Å²) in [4.78, 5) is 6.58. The van der Waals surface area contributed by atoms with E-state index in [4.69, 9.17) is 17.3 Å². The lowest BCUT2D eigenvalue weighted by atomic mass is 9.92. The zero-order valence-corrected chi connectivity index (χ0v) is 10.5. The van der Waals surface area contributed by atoms with Gasteiger partial charge in [-0.2, -0.15) is 0 Å². The SMILES string of the molecule is CC1CC(C)CN(c2nc(Cl)ccc2N)C1. The summed E-state index contributed by atoms with van der Waals surface area (Å²) in [6, 6.07) is 3.56. The smallest absolute Gasteiger partial charge is 0.153 e. The Bertz CT molecular complexity index is 371. The molecule has 1 aromatic heterocycles. The van der Waals surface area contributed by atoms with Crippen molar-refractivity contribution in [1.29, 1.82) is 0 Å². The maximum atomic E-state index is 5.95. The summed E-state index contributed by atoms with van der Waals surface area (Å²) in [7, 11) is 0. The van der Waals surface area contributed by atoms with Crippen molar-refractivity contribution < 1.29 is 0 Å². The molecule has 1 aromatic rings. The molecule has 2 N–H and O–H groups in total. The predicted octanol–water partition coefficient (Wildman–Crippen LogP) is 2.80. The molecule has 0 aromatic carbocycles. The first-order chi connectivity index (χ1) is 7.56. The molecule has 0 amide bonds. The lowest BCUT2D eigenvalue weighted by molar-refractivity contribution is 0.355. The summed E-state index contributed by atoms with van der Waals surface area (Å²) in [5.74, 6) is 2.21. The van der Waals surface area contributed by atoms with E-state index in [1.54, 1.807) is 6.07 Å². The van der Waals surface area contributed by atoms with Crippen molar-refractivity contribution in [2.24, 2.45) is 11.8 Å². The minimum Gasteiger partial charge on any atom is -0.396 e. The predicted molar refractivity (Wildman–Crippen MR) is 68.8 cm³/mol. The van der Waals surface area contributed by atoms with E-state index in [1.165, 1.54) is 6.42 Å². The fraction of sp³-hybridized carbons (Fsp3) is 0.583. The van der Waals surface area contributed by atoms with Gasteiger partial charge in [-0.05, 0) is 30.4 Å². The van der Waals surface area contributed by atoms with E-state index in [9.17, 15) is 0 Å². The monoisotopic (exact) mass is 239 g/mol. The maximum absolute atomic E-state index is 5.95. The molecule has 2 unspecified atom stereocenters. The standard InChI is InChI=1S/C12H18ClN3/c1-8-5-9(2)7-16(6-8)12-10(14)3-4-11(13)15-12/h3-4,8-9H,5-7,14H2,1-2H3. The molecule has 1 saturated heterocycles. The Labute approximate surface area is 102 Å². The topological polar surface area (TPSA) is 42.2 Å². The minimum atomic E-state index is 0.509. The molecule has 0 radical (unpaired) electrons. The molecular weight excluding hydrogens is 222 g/mol. The fourth-order valence-electron chi connectivity index (χ4n) is 2.53. The van der Waals surface area contributed by atoms with Crippen LogP contribution in [-0.4, -0.2) is 18.1 Å². The first-order valence-electron chi connectivity index (χ1n) is 5.73. The van der Waals surface area contributed by atoms with Crippen LogP contribution in [0.15, 0.2) is 12.1 Å². The largest absolute Gasteiger partial charge is 0.396 e. The summed E-state index contributed by atoms with van der Waals surface area (Å²) in [6.45, 7) is 6.57. The number of hydrogen-bond donors (Lipinski definition) is 1. The van der Waals surface area contributed by atoms with E-state index in [0.29, 0.717) is 22.7 Å². The summed E-state index contributed by atoms with van der Waals surface area (Å²) in [6.07, 6.45) is 1.27. The minimum absolute atomic E-state index is 0.509. The average Bonchev–Trinajstić information content (AvgIpc) is 2.20. The lowest BCUT2D eigenvalue weighted by Gasteiger charge is -2.36. The van der Waals surface area contributed by atoms with Gasteiger partial charge in [-0.3, -0.25) is 0 Å². The van der Waals surface area contributed by atoms with Crippen LogP contribution < -0.4 is 10.6 Å². The molecular formula is C12H18ClN3. The van der Waals surface area contributed by atoms with Crippen LogP contribution in [0.5, 0.6) is 0 Å². The molecule has 2 atom stereocenters. The number of nitrogen functional groups attached to an aromatic ring is 1. The van der Waals surface area contributed by atoms with Gasteiger partial charge in [0.2, 0.25) is 0 Å². The maximum Gasteiger partial charge on any atom is 0.153 e. The molecule has 16 heavy (non-hydrogen) atoms. The van der Waals surface area contributed by atoms with E-state index in [-0.39, 0.29) is 0 Å². The Morgan fingerprint density at radius 1 is 1.31 bits per heavy atom. The Kier molecular flexibility index (Phi) is 3.24. The number of pyridine rings is 1. The first-order valence-corrected chi connectivity index (χ1v) is 6.11. The van der Waals surface area contributed by atoms with Crippen molar-refractivity contribution in [3.63, 3.8) is 0 Å². The highest BCUT2D eigenvalue weighted by atomic mass is 35.5. The van der Waals surface area contributed by atoms with Crippen LogP contribution in [0.3, 0.4) is 0 Å². The van der Waals surface area contributed by atoms with Gasteiger partial charge >= 0.3 is 0 Å². The Morgan fingerprint density at radius 2 is 1.94 bits per heavy atom. The zero-order valence-electron chi connectivity index (χ0n) is 9.78.